The summed E-state index contributed by atoms with van der Waals surface area (Å²) in [5.74, 6) is -1.36. The van der Waals surface area contributed by atoms with Crippen molar-refractivity contribution in [1.82, 2.24) is 19.8 Å². The Labute approximate surface area is 264 Å². The van der Waals surface area contributed by atoms with Gasteiger partial charge in [-0.15, -0.1) is 0 Å². The molecule has 3 aliphatic heterocycles. The quantitative estimate of drug-likeness (QED) is 0.216. The molecule has 240 valence electrons. The molecular formula is C31H34ClF4N7O2. The van der Waals surface area contributed by atoms with Gasteiger partial charge in [-0.25, -0.2) is 11.0 Å². The Morgan fingerprint density at radius 1 is 1.16 bits per heavy atom. The van der Waals surface area contributed by atoms with Gasteiger partial charge in [-0.05, 0) is 50.9 Å². The molecule has 1 saturated carbocycles. The van der Waals surface area contributed by atoms with E-state index in [1.54, 1.807) is 4.90 Å². The normalized spacial score (nSPS) is 21.1. The lowest BCUT2D eigenvalue weighted by Gasteiger charge is -2.41. The van der Waals surface area contributed by atoms with Crippen LogP contribution in [-0.2, 0) is 23.9 Å². The summed E-state index contributed by atoms with van der Waals surface area (Å²) in [4.78, 5) is 32.8. The number of hydrogen-bond donors (Lipinski definition) is 0. The molecule has 9 nitrogen and oxygen atoms in total. The highest BCUT2D eigenvalue weighted by Gasteiger charge is 2.46. The molecule has 1 amide bonds. The van der Waals surface area contributed by atoms with Gasteiger partial charge in [0.05, 0.1) is 35.1 Å². The van der Waals surface area contributed by atoms with Gasteiger partial charge in [0.2, 0.25) is 6.54 Å². The number of likely N-dealkylation sites (tertiary alicyclic amines) is 1. The van der Waals surface area contributed by atoms with E-state index in [1.165, 1.54) is 29.5 Å². The Kier molecular flexibility index (Phi) is 8.56. The molecule has 0 spiro atoms. The Morgan fingerprint density at radius 3 is 2.58 bits per heavy atom. The number of nitrogens with zero attached hydrogens (tertiary/aromatic N) is 7. The van der Waals surface area contributed by atoms with Crippen molar-refractivity contribution >= 4 is 29.0 Å². The SMILES string of the molecule is [C-]#[N+]C[C@H]1CN(c2nc(OCC3(CN4CCC4)CC3)nc3c2CCN(c2cccc(Cl)c2C(F)(F)F)C3)CCN1C(=O)C(=C)F. The number of piperazine rings is 1. The minimum absolute atomic E-state index is 0.0227. The summed E-state index contributed by atoms with van der Waals surface area (Å²) in [5, 5.41) is -0.371. The van der Waals surface area contributed by atoms with Crippen molar-refractivity contribution in [1.29, 1.82) is 0 Å². The molecule has 0 radical (unpaired) electrons. The molecule has 1 aromatic heterocycles. The number of alkyl halides is 3. The summed E-state index contributed by atoms with van der Waals surface area (Å²) in [7, 11) is 0. The van der Waals surface area contributed by atoms with E-state index in [1.807, 2.05) is 4.90 Å². The summed E-state index contributed by atoms with van der Waals surface area (Å²) in [6, 6.07) is 3.68. The van der Waals surface area contributed by atoms with Crippen molar-refractivity contribution in [2.45, 2.75) is 44.4 Å². The third-order valence-corrected chi connectivity index (χ3v) is 9.50. The highest BCUT2D eigenvalue weighted by Crippen LogP contribution is 2.47. The van der Waals surface area contributed by atoms with Crippen LogP contribution in [0, 0.1) is 12.0 Å². The molecular weight excluding hydrogens is 614 g/mol. The molecule has 0 unspecified atom stereocenters. The summed E-state index contributed by atoms with van der Waals surface area (Å²) < 4.78 is 62.2. The second-order valence-corrected chi connectivity index (χ2v) is 12.7. The average Bonchev–Trinajstić information content (AvgIpc) is 3.76. The second-order valence-electron chi connectivity index (χ2n) is 12.3. The van der Waals surface area contributed by atoms with Crippen LogP contribution in [0.25, 0.3) is 4.85 Å². The van der Waals surface area contributed by atoms with Gasteiger partial charge in [0.25, 0.3) is 5.91 Å². The largest absolute Gasteiger partial charge is 0.463 e. The van der Waals surface area contributed by atoms with Crippen molar-refractivity contribution in [2.24, 2.45) is 5.41 Å². The highest BCUT2D eigenvalue weighted by atomic mass is 35.5. The number of carbonyl (C=O) groups is 1. The molecule has 2 saturated heterocycles. The molecule has 14 heteroatoms. The predicted molar refractivity (Wildman–Crippen MR) is 161 cm³/mol. The van der Waals surface area contributed by atoms with Crippen LogP contribution in [-0.4, -0.2) is 90.7 Å². The first-order chi connectivity index (χ1) is 21.5. The number of halogens is 5. The predicted octanol–water partition coefficient (Wildman–Crippen LogP) is 5.00. The molecule has 1 aromatic carbocycles. The molecule has 6 rings (SSSR count). The smallest absolute Gasteiger partial charge is 0.419 e. The molecule has 0 bridgehead atoms. The van der Waals surface area contributed by atoms with Crippen LogP contribution in [0.5, 0.6) is 6.01 Å². The van der Waals surface area contributed by atoms with E-state index in [0.29, 0.717) is 31.1 Å². The van der Waals surface area contributed by atoms with Gasteiger partial charge in [-0.3, -0.25) is 4.79 Å². The van der Waals surface area contributed by atoms with Gasteiger partial charge in [0, 0.05) is 43.7 Å². The van der Waals surface area contributed by atoms with Crippen molar-refractivity contribution in [3.8, 4) is 6.01 Å². The second kappa shape index (κ2) is 12.3. The summed E-state index contributed by atoms with van der Waals surface area (Å²) >= 11 is 6.04. The van der Waals surface area contributed by atoms with Crippen LogP contribution in [0.1, 0.15) is 36.1 Å². The van der Waals surface area contributed by atoms with E-state index in [0.717, 1.165) is 38.0 Å². The number of benzene rings is 1. The summed E-state index contributed by atoms with van der Waals surface area (Å²) in [6.07, 6.45) is -1.02. The van der Waals surface area contributed by atoms with Gasteiger partial charge in [-0.2, -0.15) is 23.1 Å². The van der Waals surface area contributed by atoms with Crippen LogP contribution in [0.3, 0.4) is 0 Å². The van der Waals surface area contributed by atoms with Gasteiger partial charge in [-0.1, -0.05) is 24.2 Å². The fraction of sp³-hybridized carbons (Fsp3) is 0.548. The van der Waals surface area contributed by atoms with Gasteiger partial charge < -0.3 is 29.2 Å². The number of aromatic nitrogens is 2. The summed E-state index contributed by atoms with van der Waals surface area (Å²) in [6.45, 7) is 15.1. The first kappa shape index (κ1) is 31.4. The number of ether oxygens (including phenoxy) is 1. The topological polar surface area (TPSA) is 69.4 Å². The van der Waals surface area contributed by atoms with Crippen LogP contribution >= 0.6 is 11.6 Å². The lowest BCUT2D eigenvalue weighted by molar-refractivity contribution is -0.137. The number of anilines is 2. The number of rotatable bonds is 9. The van der Waals surface area contributed by atoms with Crippen molar-refractivity contribution < 1.29 is 27.1 Å². The van der Waals surface area contributed by atoms with Crippen molar-refractivity contribution in [3.05, 3.63) is 63.9 Å². The Bertz CT molecular complexity index is 1520. The van der Waals surface area contributed by atoms with E-state index in [2.05, 4.69) is 16.3 Å². The molecule has 3 fully saturated rings. The van der Waals surface area contributed by atoms with E-state index >= 15 is 0 Å². The molecule has 1 atom stereocenters. The van der Waals surface area contributed by atoms with Crippen LogP contribution < -0.4 is 14.5 Å². The number of carbonyl (C=O) groups excluding carboxylic acids is 1. The number of fused-ring (bicyclic) bond motifs is 1. The van der Waals surface area contributed by atoms with Crippen LogP contribution in [0.4, 0.5) is 29.1 Å². The minimum Gasteiger partial charge on any atom is -0.463 e. The Balaban J connectivity index is 1.31. The zero-order valence-electron chi connectivity index (χ0n) is 24.8. The maximum atomic E-state index is 14.1. The fourth-order valence-electron chi connectivity index (χ4n) is 6.47. The third-order valence-electron chi connectivity index (χ3n) is 9.19. The molecule has 0 N–H and O–H groups in total. The van der Waals surface area contributed by atoms with Crippen LogP contribution in [0.2, 0.25) is 5.02 Å². The molecule has 45 heavy (non-hydrogen) atoms. The van der Waals surface area contributed by atoms with Gasteiger partial charge in [0.1, 0.15) is 11.9 Å². The molecule has 4 heterocycles. The maximum Gasteiger partial charge on any atom is 0.419 e. The standard InChI is InChI=1S/C31H34ClF4N7O2/c1-20(33)28(44)43-14-13-42(16-21(43)15-37-2)27-22-7-12-41(25-6-3-5-23(32)26(25)31(34,35)36)17-24(22)38-29(39-27)45-19-30(8-9-30)18-40-10-4-11-40/h3,5-6,21H,1,4,7-19H2/t21-/m0/s1. The zero-order valence-corrected chi connectivity index (χ0v) is 25.5. The van der Waals surface area contributed by atoms with Crippen molar-refractivity contribution in [3.63, 3.8) is 0 Å². The lowest BCUT2D eigenvalue weighted by atomic mass is 10.0. The van der Waals surface area contributed by atoms with Gasteiger partial charge >= 0.3 is 12.2 Å². The average molecular weight is 648 g/mol. The van der Waals surface area contributed by atoms with Crippen molar-refractivity contribution in [2.75, 3.05) is 68.8 Å². The van der Waals surface area contributed by atoms with E-state index in [9.17, 15) is 22.4 Å². The highest BCUT2D eigenvalue weighted by molar-refractivity contribution is 6.31. The van der Waals surface area contributed by atoms with E-state index in [4.69, 9.17) is 32.9 Å². The minimum atomic E-state index is -4.64. The lowest BCUT2D eigenvalue weighted by Crippen LogP contribution is -2.57. The maximum absolute atomic E-state index is 14.1. The molecule has 1 aliphatic carbocycles. The van der Waals surface area contributed by atoms with E-state index < -0.39 is 29.5 Å². The Morgan fingerprint density at radius 2 is 1.93 bits per heavy atom. The number of hydrogen-bond acceptors (Lipinski definition) is 7. The fourth-order valence-corrected chi connectivity index (χ4v) is 6.74. The van der Waals surface area contributed by atoms with E-state index in [-0.39, 0.29) is 54.9 Å². The number of amides is 1. The monoisotopic (exact) mass is 647 g/mol. The Hall–Kier alpha value is -3.63. The zero-order chi connectivity index (χ0) is 31.9. The third kappa shape index (κ3) is 6.53. The molecule has 2 aromatic rings. The van der Waals surface area contributed by atoms with Gasteiger partial charge in [0.15, 0.2) is 5.83 Å². The van der Waals surface area contributed by atoms with Crippen LogP contribution in [0.15, 0.2) is 30.6 Å². The summed E-state index contributed by atoms with van der Waals surface area (Å²) in [5.41, 5.74) is 0.437. The first-order valence-corrected chi connectivity index (χ1v) is 15.4. The first-order valence-electron chi connectivity index (χ1n) is 15.1. The molecule has 4 aliphatic rings.